The molecule has 0 bridgehead atoms. The van der Waals surface area contributed by atoms with E-state index in [-0.39, 0.29) is 17.5 Å². The summed E-state index contributed by atoms with van der Waals surface area (Å²) in [5, 5.41) is 0.316. The summed E-state index contributed by atoms with van der Waals surface area (Å²) >= 11 is 9.26. The van der Waals surface area contributed by atoms with E-state index in [1.807, 2.05) is 13.8 Å². The molecule has 1 aromatic carbocycles. The third-order valence-electron chi connectivity index (χ3n) is 2.68. The molecule has 0 amide bonds. The maximum Gasteiger partial charge on any atom is 0.227 e. The fourth-order valence-electron chi connectivity index (χ4n) is 1.51. The predicted molar refractivity (Wildman–Crippen MR) is 80.0 cm³/mol. The van der Waals surface area contributed by atoms with Crippen LogP contribution in [0, 0.1) is 12.7 Å². The highest BCUT2D eigenvalue weighted by Crippen LogP contribution is 2.31. The molecular weight excluding hydrogens is 347 g/mol. The lowest BCUT2D eigenvalue weighted by molar-refractivity contribution is 0.420. The first-order valence-corrected chi connectivity index (χ1v) is 7.22. The second-order valence-corrected chi connectivity index (χ2v) is 5.91. The van der Waals surface area contributed by atoms with Crippen molar-refractivity contribution in [3.8, 4) is 11.6 Å². The Balaban J connectivity index is 2.42. The van der Waals surface area contributed by atoms with Gasteiger partial charge in [-0.3, -0.25) is 0 Å². The normalized spacial score (nSPS) is 10.9. The van der Waals surface area contributed by atoms with Crippen molar-refractivity contribution in [3.05, 3.63) is 45.0 Å². The monoisotopic (exact) mass is 358 g/mol. The van der Waals surface area contributed by atoms with Crippen molar-refractivity contribution in [1.29, 1.82) is 0 Å². The highest BCUT2D eigenvalue weighted by molar-refractivity contribution is 9.10. The molecule has 0 fully saturated rings. The molecule has 0 spiro atoms. The summed E-state index contributed by atoms with van der Waals surface area (Å²) in [6.07, 6.45) is 0. The fourth-order valence-corrected chi connectivity index (χ4v) is 2.01. The van der Waals surface area contributed by atoms with Crippen LogP contribution in [0.5, 0.6) is 11.6 Å². The lowest BCUT2D eigenvalue weighted by atomic mass is 10.2. The molecule has 20 heavy (non-hydrogen) atoms. The molecule has 6 heteroatoms. The summed E-state index contributed by atoms with van der Waals surface area (Å²) in [7, 11) is 0. The minimum absolute atomic E-state index is 0.0979. The van der Waals surface area contributed by atoms with E-state index < -0.39 is 5.82 Å². The second kappa shape index (κ2) is 6.06. The van der Waals surface area contributed by atoms with E-state index in [1.54, 1.807) is 13.0 Å². The predicted octanol–water partition coefficient (Wildman–Crippen LogP) is 5.26. The molecule has 0 atom stereocenters. The molecule has 1 heterocycles. The standard InChI is InChI=1S/C14H13BrClFN2O/c1-7(2)13-18-12(16)8(3)14(19-13)20-11-5-4-9(15)6-10(11)17/h4-7H,1-3H3. The molecule has 0 unspecified atom stereocenters. The third kappa shape index (κ3) is 3.27. The van der Waals surface area contributed by atoms with Gasteiger partial charge < -0.3 is 4.74 Å². The number of benzene rings is 1. The van der Waals surface area contributed by atoms with Gasteiger partial charge in [0, 0.05) is 16.0 Å². The molecule has 0 N–H and O–H groups in total. The van der Waals surface area contributed by atoms with Crippen molar-refractivity contribution >= 4 is 27.5 Å². The quantitative estimate of drug-likeness (QED) is 0.702. The highest BCUT2D eigenvalue weighted by Gasteiger charge is 2.15. The van der Waals surface area contributed by atoms with Gasteiger partial charge in [-0.25, -0.2) is 9.37 Å². The van der Waals surface area contributed by atoms with E-state index in [0.717, 1.165) is 0 Å². The lowest BCUT2D eigenvalue weighted by Gasteiger charge is -2.12. The molecule has 0 radical (unpaired) electrons. The number of hydrogen-bond acceptors (Lipinski definition) is 3. The number of rotatable bonds is 3. The SMILES string of the molecule is Cc1c(Cl)nc(C(C)C)nc1Oc1ccc(Br)cc1F. The Hall–Kier alpha value is -1.20. The molecule has 2 aromatic rings. The minimum Gasteiger partial charge on any atom is -0.435 e. The number of nitrogens with zero attached hydrogens (tertiary/aromatic N) is 2. The Bertz CT molecular complexity index is 649. The van der Waals surface area contributed by atoms with Crippen LogP contribution in [-0.2, 0) is 0 Å². The van der Waals surface area contributed by atoms with Gasteiger partial charge in [-0.1, -0.05) is 41.4 Å². The van der Waals surface area contributed by atoms with E-state index in [9.17, 15) is 4.39 Å². The van der Waals surface area contributed by atoms with Gasteiger partial charge in [0.05, 0.1) is 0 Å². The van der Waals surface area contributed by atoms with Crippen molar-refractivity contribution < 1.29 is 9.13 Å². The van der Waals surface area contributed by atoms with E-state index in [2.05, 4.69) is 25.9 Å². The summed E-state index contributed by atoms with van der Waals surface area (Å²) < 4.78 is 20.0. The molecule has 0 aliphatic carbocycles. The lowest BCUT2D eigenvalue weighted by Crippen LogP contribution is -2.03. The van der Waals surface area contributed by atoms with Crippen molar-refractivity contribution in [2.24, 2.45) is 0 Å². The number of halogens is 3. The van der Waals surface area contributed by atoms with Gasteiger partial charge >= 0.3 is 0 Å². The number of aromatic nitrogens is 2. The van der Waals surface area contributed by atoms with E-state index in [4.69, 9.17) is 16.3 Å². The molecule has 106 valence electrons. The molecule has 2 rings (SSSR count). The Kier molecular flexibility index (Phi) is 4.60. The average molecular weight is 360 g/mol. The van der Waals surface area contributed by atoms with Gasteiger partial charge in [-0.05, 0) is 25.1 Å². The summed E-state index contributed by atoms with van der Waals surface area (Å²) in [6.45, 7) is 5.63. The smallest absolute Gasteiger partial charge is 0.227 e. The van der Waals surface area contributed by atoms with E-state index >= 15 is 0 Å². The van der Waals surface area contributed by atoms with Gasteiger partial charge in [-0.15, -0.1) is 0 Å². The molecule has 0 saturated carbocycles. The summed E-state index contributed by atoms with van der Waals surface area (Å²) in [5.74, 6) is 0.564. The minimum atomic E-state index is -0.473. The first-order valence-electron chi connectivity index (χ1n) is 6.05. The third-order valence-corrected chi connectivity index (χ3v) is 3.54. The molecule has 1 aromatic heterocycles. The van der Waals surface area contributed by atoms with Gasteiger partial charge in [0.2, 0.25) is 5.88 Å². The molecular formula is C14H13BrClFN2O. The zero-order valence-corrected chi connectivity index (χ0v) is 13.6. The summed E-state index contributed by atoms with van der Waals surface area (Å²) in [5.41, 5.74) is 0.582. The summed E-state index contributed by atoms with van der Waals surface area (Å²) in [6, 6.07) is 4.56. The Morgan fingerprint density at radius 1 is 1.30 bits per heavy atom. The van der Waals surface area contributed by atoms with Crippen LogP contribution in [0.3, 0.4) is 0 Å². The summed E-state index contributed by atoms with van der Waals surface area (Å²) in [4.78, 5) is 8.48. The first kappa shape index (κ1) is 15.2. The van der Waals surface area contributed by atoms with Gasteiger partial charge in [-0.2, -0.15) is 4.98 Å². The van der Waals surface area contributed by atoms with Crippen LogP contribution in [0.4, 0.5) is 4.39 Å². The van der Waals surface area contributed by atoms with Crippen molar-refractivity contribution in [3.63, 3.8) is 0 Å². The van der Waals surface area contributed by atoms with Crippen molar-refractivity contribution in [2.45, 2.75) is 26.7 Å². The molecule has 0 aliphatic heterocycles. The fraction of sp³-hybridized carbons (Fsp3) is 0.286. The van der Waals surface area contributed by atoms with Crippen LogP contribution in [0.1, 0.15) is 31.2 Å². The van der Waals surface area contributed by atoms with Crippen LogP contribution >= 0.6 is 27.5 Å². The largest absolute Gasteiger partial charge is 0.435 e. The van der Waals surface area contributed by atoms with Crippen LogP contribution < -0.4 is 4.74 Å². The average Bonchev–Trinajstić information content (AvgIpc) is 2.37. The maximum atomic E-state index is 13.8. The Labute approximate surface area is 130 Å². The Morgan fingerprint density at radius 3 is 2.60 bits per heavy atom. The zero-order chi connectivity index (χ0) is 14.9. The molecule has 0 aliphatic rings. The van der Waals surface area contributed by atoms with Crippen LogP contribution in [0.15, 0.2) is 22.7 Å². The van der Waals surface area contributed by atoms with E-state index in [1.165, 1.54) is 12.1 Å². The van der Waals surface area contributed by atoms with Crippen molar-refractivity contribution in [2.75, 3.05) is 0 Å². The van der Waals surface area contributed by atoms with Gasteiger partial charge in [0.1, 0.15) is 11.0 Å². The van der Waals surface area contributed by atoms with Crippen molar-refractivity contribution in [1.82, 2.24) is 9.97 Å². The zero-order valence-electron chi connectivity index (χ0n) is 11.2. The van der Waals surface area contributed by atoms with Crippen LogP contribution in [0.2, 0.25) is 5.15 Å². The van der Waals surface area contributed by atoms with Crippen LogP contribution in [0.25, 0.3) is 0 Å². The second-order valence-electron chi connectivity index (χ2n) is 4.63. The Morgan fingerprint density at radius 2 is 2.00 bits per heavy atom. The number of ether oxygens (including phenoxy) is 1. The van der Waals surface area contributed by atoms with Gasteiger partial charge in [0.15, 0.2) is 11.6 Å². The number of hydrogen-bond donors (Lipinski definition) is 0. The van der Waals surface area contributed by atoms with Crippen LogP contribution in [-0.4, -0.2) is 9.97 Å². The van der Waals surface area contributed by atoms with Gasteiger partial charge in [0.25, 0.3) is 0 Å². The van der Waals surface area contributed by atoms with E-state index in [0.29, 0.717) is 21.0 Å². The maximum absolute atomic E-state index is 13.8. The molecule has 3 nitrogen and oxygen atoms in total. The molecule has 0 saturated heterocycles. The highest BCUT2D eigenvalue weighted by atomic mass is 79.9. The topological polar surface area (TPSA) is 35.0 Å². The first-order chi connectivity index (χ1) is 9.38.